The van der Waals surface area contributed by atoms with Crippen LogP contribution in [0.15, 0.2) is 78.3 Å². The van der Waals surface area contributed by atoms with E-state index in [1.165, 1.54) is 16.8 Å². The van der Waals surface area contributed by atoms with E-state index in [1.807, 2.05) is 18.2 Å². The highest BCUT2D eigenvalue weighted by molar-refractivity contribution is 6.09. The third-order valence-corrected chi connectivity index (χ3v) is 3.64. The predicted octanol–water partition coefficient (Wildman–Crippen LogP) is 4.35. The zero-order valence-corrected chi connectivity index (χ0v) is 10.9. The molecule has 0 bridgehead atoms. The van der Waals surface area contributed by atoms with Crippen LogP contribution in [0.1, 0.15) is 24.0 Å². The molecule has 94 valence electrons. The van der Waals surface area contributed by atoms with Gasteiger partial charge in [-0.05, 0) is 24.0 Å². The normalized spacial score (nSPS) is 15.7. The number of hydrogen-bond donors (Lipinski definition) is 0. The number of nitrogens with zero attached hydrogens (tertiary/aromatic N) is 1. The summed E-state index contributed by atoms with van der Waals surface area (Å²) in [5.74, 6) is 0. The molecular formula is C18H17N. The molecule has 0 saturated carbocycles. The summed E-state index contributed by atoms with van der Waals surface area (Å²) in [5.41, 5.74) is 3.59. The number of benzene rings is 2. The van der Waals surface area contributed by atoms with Crippen molar-refractivity contribution in [2.24, 2.45) is 4.99 Å². The van der Waals surface area contributed by atoms with Crippen molar-refractivity contribution < 1.29 is 0 Å². The van der Waals surface area contributed by atoms with Gasteiger partial charge < -0.3 is 0 Å². The summed E-state index contributed by atoms with van der Waals surface area (Å²) in [6, 6.07) is 21.1. The second-order valence-electron chi connectivity index (χ2n) is 4.83. The molecule has 0 fully saturated rings. The Labute approximate surface area is 114 Å². The highest BCUT2D eigenvalue weighted by Gasteiger charge is 2.48. The van der Waals surface area contributed by atoms with Gasteiger partial charge in [-0.3, -0.25) is 4.99 Å². The largest absolute Gasteiger partial charge is 0.268 e. The Kier molecular flexibility index (Phi) is 3.04. The average molecular weight is 247 g/mol. The van der Waals surface area contributed by atoms with Crippen LogP contribution in [0.2, 0.25) is 0 Å². The van der Waals surface area contributed by atoms with Gasteiger partial charge in [0.1, 0.15) is 5.54 Å². The van der Waals surface area contributed by atoms with E-state index in [1.54, 1.807) is 0 Å². The summed E-state index contributed by atoms with van der Waals surface area (Å²) in [6.07, 6.45) is 3.94. The van der Waals surface area contributed by atoms with Crippen LogP contribution in [0, 0.1) is 0 Å². The molecule has 0 unspecified atom stereocenters. The number of aliphatic imine (C=N–C) groups is 1. The number of hydrogen-bond acceptors (Lipinski definition) is 1. The zero-order chi connectivity index (χ0) is 13.1. The second kappa shape index (κ2) is 4.85. The third kappa shape index (κ3) is 2.01. The SMILES string of the molecule is C=CCCC1=NC1(c1ccccc1)c1ccccc1. The first-order valence-corrected chi connectivity index (χ1v) is 6.69. The molecule has 0 atom stereocenters. The fourth-order valence-corrected chi connectivity index (χ4v) is 2.64. The van der Waals surface area contributed by atoms with Crippen molar-refractivity contribution in [1.82, 2.24) is 0 Å². The maximum atomic E-state index is 4.83. The second-order valence-corrected chi connectivity index (χ2v) is 4.83. The molecule has 1 aliphatic heterocycles. The molecule has 0 radical (unpaired) electrons. The summed E-state index contributed by atoms with van der Waals surface area (Å²) in [5, 5.41) is 0. The van der Waals surface area contributed by atoms with Crippen molar-refractivity contribution in [3.8, 4) is 0 Å². The molecule has 0 N–H and O–H groups in total. The molecule has 0 aliphatic carbocycles. The van der Waals surface area contributed by atoms with E-state index >= 15 is 0 Å². The van der Waals surface area contributed by atoms with Crippen LogP contribution in [-0.2, 0) is 5.54 Å². The van der Waals surface area contributed by atoms with Gasteiger partial charge >= 0.3 is 0 Å². The maximum absolute atomic E-state index is 4.83. The first-order chi connectivity index (χ1) is 9.38. The summed E-state index contributed by atoms with van der Waals surface area (Å²) in [6.45, 7) is 3.80. The molecule has 1 aliphatic rings. The molecule has 3 rings (SSSR count). The lowest BCUT2D eigenvalue weighted by Gasteiger charge is -2.16. The van der Waals surface area contributed by atoms with Crippen LogP contribution in [0.3, 0.4) is 0 Å². The van der Waals surface area contributed by atoms with Gasteiger partial charge in [0.2, 0.25) is 0 Å². The van der Waals surface area contributed by atoms with E-state index in [0.29, 0.717) is 0 Å². The van der Waals surface area contributed by atoms with Crippen molar-refractivity contribution >= 4 is 5.71 Å². The minimum atomic E-state index is -0.203. The Bertz CT molecular complexity index is 557. The topological polar surface area (TPSA) is 12.4 Å². The molecule has 1 heteroatoms. The molecule has 19 heavy (non-hydrogen) atoms. The average Bonchev–Trinajstić information content (AvgIpc) is 3.23. The van der Waals surface area contributed by atoms with E-state index in [0.717, 1.165) is 12.8 Å². The molecule has 0 amide bonds. The highest BCUT2D eigenvalue weighted by atomic mass is 15.1. The molecular weight excluding hydrogens is 230 g/mol. The monoisotopic (exact) mass is 247 g/mol. The van der Waals surface area contributed by atoms with E-state index in [9.17, 15) is 0 Å². The van der Waals surface area contributed by atoms with Gasteiger partial charge in [-0.2, -0.15) is 0 Å². The van der Waals surface area contributed by atoms with Crippen molar-refractivity contribution in [2.45, 2.75) is 18.4 Å². The lowest BCUT2D eigenvalue weighted by molar-refractivity contribution is 0.850. The van der Waals surface area contributed by atoms with Gasteiger partial charge in [-0.25, -0.2) is 0 Å². The van der Waals surface area contributed by atoms with Gasteiger partial charge in [0.25, 0.3) is 0 Å². The molecule has 2 aromatic rings. The Morgan fingerprint density at radius 1 is 0.895 bits per heavy atom. The van der Waals surface area contributed by atoms with Crippen molar-refractivity contribution in [2.75, 3.05) is 0 Å². The fourth-order valence-electron chi connectivity index (χ4n) is 2.64. The van der Waals surface area contributed by atoms with Crippen LogP contribution >= 0.6 is 0 Å². The minimum Gasteiger partial charge on any atom is -0.268 e. The molecule has 1 nitrogen and oxygen atoms in total. The van der Waals surface area contributed by atoms with Crippen LogP contribution in [0.4, 0.5) is 0 Å². The van der Waals surface area contributed by atoms with Gasteiger partial charge in [-0.1, -0.05) is 66.7 Å². The summed E-state index contributed by atoms with van der Waals surface area (Å²) in [7, 11) is 0. The van der Waals surface area contributed by atoms with Crippen LogP contribution < -0.4 is 0 Å². The van der Waals surface area contributed by atoms with Gasteiger partial charge in [0, 0.05) is 0 Å². The Hall–Kier alpha value is -2.15. The van der Waals surface area contributed by atoms with Crippen LogP contribution in [0.25, 0.3) is 0 Å². The van der Waals surface area contributed by atoms with E-state index in [4.69, 9.17) is 4.99 Å². The predicted molar refractivity (Wildman–Crippen MR) is 80.5 cm³/mol. The van der Waals surface area contributed by atoms with Crippen LogP contribution in [-0.4, -0.2) is 5.71 Å². The first kappa shape index (κ1) is 11.9. The Morgan fingerprint density at radius 2 is 1.42 bits per heavy atom. The van der Waals surface area contributed by atoms with Crippen LogP contribution in [0.5, 0.6) is 0 Å². The third-order valence-electron chi connectivity index (χ3n) is 3.64. The smallest absolute Gasteiger partial charge is 0.148 e. The molecule has 1 heterocycles. The van der Waals surface area contributed by atoms with Crippen molar-refractivity contribution in [3.63, 3.8) is 0 Å². The minimum absolute atomic E-state index is 0.203. The lowest BCUT2D eigenvalue weighted by atomic mass is 9.85. The first-order valence-electron chi connectivity index (χ1n) is 6.69. The Balaban J connectivity index is 1.98. The zero-order valence-electron chi connectivity index (χ0n) is 10.9. The van der Waals surface area contributed by atoms with E-state index in [2.05, 4.69) is 55.1 Å². The van der Waals surface area contributed by atoms with Crippen molar-refractivity contribution in [3.05, 3.63) is 84.4 Å². The fraction of sp³-hybridized carbons (Fsp3) is 0.167. The van der Waals surface area contributed by atoms with Gasteiger partial charge in [0.15, 0.2) is 0 Å². The quantitative estimate of drug-likeness (QED) is 0.696. The summed E-state index contributed by atoms with van der Waals surface area (Å²) >= 11 is 0. The Morgan fingerprint density at radius 3 is 1.89 bits per heavy atom. The molecule has 2 aromatic carbocycles. The molecule has 0 saturated heterocycles. The maximum Gasteiger partial charge on any atom is 0.148 e. The lowest BCUT2D eigenvalue weighted by Crippen LogP contribution is -2.18. The van der Waals surface area contributed by atoms with E-state index in [-0.39, 0.29) is 5.54 Å². The van der Waals surface area contributed by atoms with Gasteiger partial charge in [-0.15, -0.1) is 6.58 Å². The standard InChI is InChI=1S/C18H17N/c1-2-3-14-17-18(19-17,15-10-6-4-7-11-15)16-12-8-5-9-13-16/h2,4-13H,1,3,14H2. The summed E-state index contributed by atoms with van der Waals surface area (Å²) in [4.78, 5) is 4.83. The molecule has 0 aromatic heterocycles. The molecule has 0 spiro atoms. The number of allylic oxidation sites excluding steroid dienone is 1. The summed E-state index contributed by atoms with van der Waals surface area (Å²) < 4.78 is 0. The van der Waals surface area contributed by atoms with Crippen molar-refractivity contribution in [1.29, 1.82) is 0 Å². The highest BCUT2D eigenvalue weighted by Crippen LogP contribution is 2.46. The van der Waals surface area contributed by atoms with E-state index < -0.39 is 0 Å². The van der Waals surface area contributed by atoms with Gasteiger partial charge in [0.05, 0.1) is 5.71 Å². The number of rotatable bonds is 5.